The monoisotopic (exact) mass is 621 g/mol. The van der Waals surface area contributed by atoms with Crippen molar-refractivity contribution in [3.8, 4) is 28.4 Å². The highest BCUT2D eigenvalue weighted by atomic mass is 16.7. The minimum atomic E-state index is -2.56. The van der Waals surface area contributed by atoms with Crippen molar-refractivity contribution in [3.63, 3.8) is 0 Å². The van der Waals surface area contributed by atoms with Crippen LogP contribution in [0.15, 0.2) is 24.3 Å². The van der Waals surface area contributed by atoms with Crippen molar-refractivity contribution in [3.05, 3.63) is 41.0 Å². The molecule has 0 radical (unpaired) electrons. The van der Waals surface area contributed by atoms with E-state index >= 15 is 0 Å². The van der Waals surface area contributed by atoms with Crippen LogP contribution in [0.2, 0.25) is 0 Å². The van der Waals surface area contributed by atoms with Gasteiger partial charge in [0.05, 0.1) is 17.6 Å². The molecule has 10 nitrogen and oxygen atoms in total. The van der Waals surface area contributed by atoms with Crippen LogP contribution < -0.4 is 15.2 Å². The summed E-state index contributed by atoms with van der Waals surface area (Å²) in [6.07, 6.45) is -3.13. The predicted molar refractivity (Wildman–Crippen MR) is 164 cm³/mol. The molecule has 2 fully saturated rings. The number of aliphatic hydroxyl groups excluding tert-OH is 2. The first-order chi connectivity index (χ1) is 20.8. The highest BCUT2D eigenvalue weighted by Crippen LogP contribution is 2.66. The molecule has 6 N–H and O–H groups in total. The van der Waals surface area contributed by atoms with Gasteiger partial charge in [-0.2, -0.15) is 0 Å². The Morgan fingerprint density at radius 2 is 1.71 bits per heavy atom. The summed E-state index contributed by atoms with van der Waals surface area (Å²) in [5, 5.41) is 47.6. The van der Waals surface area contributed by atoms with Gasteiger partial charge >= 0.3 is 0 Å². The fourth-order valence-electron chi connectivity index (χ4n) is 9.49. The normalized spacial score (nSPS) is 35.6. The topological polar surface area (TPSA) is 177 Å². The quantitative estimate of drug-likeness (QED) is 0.322. The van der Waals surface area contributed by atoms with Crippen molar-refractivity contribution < 1.29 is 44.3 Å². The summed E-state index contributed by atoms with van der Waals surface area (Å²) in [5.74, 6) is -6.01. The first-order valence-electron chi connectivity index (χ1n) is 15.5. The van der Waals surface area contributed by atoms with Gasteiger partial charge in [0.1, 0.15) is 17.8 Å². The van der Waals surface area contributed by atoms with Crippen LogP contribution in [0, 0.1) is 34.5 Å². The lowest BCUT2D eigenvalue weighted by Crippen LogP contribution is -2.79. The molecule has 0 bridgehead atoms. The van der Waals surface area contributed by atoms with Gasteiger partial charge in [0.25, 0.3) is 0 Å². The molecule has 2 aromatic rings. The molecule has 242 valence electrons. The van der Waals surface area contributed by atoms with Crippen molar-refractivity contribution in [1.82, 2.24) is 0 Å². The number of benzene rings is 2. The van der Waals surface area contributed by atoms with E-state index in [1.54, 1.807) is 13.0 Å². The number of nitrogens with two attached hydrogens (primary N) is 1. The molecule has 8 atom stereocenters. The van der Waals surface area contributed by atoms with Gasteiger partial charge in [-0.05, 0) is 70.4 Å². The zero-order valence-corrected chi connectivity index (χ0v) is 26.8. The number of primary amides is 1. The van der Waals surface area contributed by atoms with E-state index in [-0.39, 0.29) is 36.9 Å². The van der Waals surface area contributed by atoms with Crippen molar-refractivity contribution >= 4 is 17.5 Å². The first kappa shape index (κ1) is 31.5. The van der Waals surface area contributed by atoms with Gasteiger partial charge in [-0.1, -0.05) is 54.5 Å². The maximum absolute atomic E-state index is 14.7. The molecular formula is C35H43NO9. The first-order valence-corrected chi connectivity index (χ1v) is 15.5. The van der Waals surface area contributed by atoms with Crippen LogP contribution in [0.4, 0.5) is 0 Å². The van der Waals surface area contributed by atoms with Crippen LogP contribution >= 0.6 is 0 Å². The second-order valence-corrected chi connectivity index (χ2v) is 15.5. The Bertz CT molecular complexity index is 1640. The summed E-state index contributed by atoms with van der Waals surface area (Å²) in [4.78, 5) is 41.2. The molecule has 2 aromatic carbocycles. The number of rotatable bonds is 3. The number of hydrogen-bond donors (Lipinski definition) is 5. The summed E-state index contributed by atoms with van der Waals surface area (Å²) in [5.41, 5.74) is 2.61. The van der Waals surface area contributed by atoms with Gasteiger partial charge in [0.2, 0.25) is 12.7 Å². The van der Waals surface area contributed by atoms with Crippen molar-refractivity contribution in [2.45, 2.75) is 84.5 Å². The summed E-state index contributed by atoms with van der Waals surface area (Å²) in [6, 6.07) is 7.40. The number of fused-ring (bicyclic) bond motifs is 4. The molecule has 3 aliphatic carbocycles. The van der Waals surface area contributed by atoms with E-state index in [1.807, 2.05) is 59.7 Å². The number of phenols is 1. The maximum Gasteiger partial charge on any atom is 0.231 e. The standard InChI is InChI=1S/C35H43NO9/c1-15(2)24-28(39)23(31(36)42)29(40)35(43)30(41)25-27(38)22-18(12-33(25,6)13-34(24,35)7)17(11-19(26(22)37)32(3,4)5)16-8-9-20-21(10-16)45-14-44-20/h8-11,15,23-25,28,30,37,39,41,43H,12-14H2,1-7H3,(H2,36,42)/t23-,24+,25-,28?,30?,33-,34-,35+/m1/s1. The van der Waals surface area contributed by atoms with E-state index in [2.05, 4.69) is 0 Å². The SMILES string of the molecule is CC(C)[C@H]1C(O)[C@@H](C(N)=O)C(=O)[C@]2(O)C(O)[C@H]3C(=O)c4c(O)c(C(C)(C)C)cc(-c5ccc6c(c5)OCO6)c4C[C@]3(C)C[C@]12C. The van der Waals surface area contributed by atoms with E-state index in [9.17, 15) is 34.8 Å². The van der Waals surface area contributed by atoms with Crippen LogP contribution in [-0.2, 0) is 21.4 Å². The minimum Gasteiger partial charge on any atom is -0.507 e. The second-order valence-electron chi connectivity index (χ2n) is 15.5. The number of ether oxygens (including phenoxy) is 2. The highest BCUT2D eigenvalue weighted by Gasteiger charge is 2.76. The summed E-state index contributed by atoms with van der Waals surface area (Å²) < 4.78 is 11.2. The largest absolute Gasteiger partial charge is 0.507 e. The van der Waals surface area contributed by atoms with E-state index in [1.165, 1.54) is 0 Å². The van der Waals surface area contributed by atoms with E-state index < -0.39 is 69.3 Å². The van der Waals surface area contributed by atoms with Gasteiger partial charge in [-0.3, -0.25) is 14.4 Å². The Labute approximate surface area is 262 Å². The third-order valence-corrected chi connectivity index (χ3v) is 11.3. The molecule has 0 aromatic heterocycles. The van der Waals surface area contributed by atoms with Gasteiger partial charge in [0, 0.05) is 11.0 Å². The highest BCUT2D eigenvalue weighted by molar-refractivity contribution is 6.10. The van der Waals surface area contributed by atoms with Crippen LogP contribution in [0.25, 0.3) is 11.1 Å². The lowest BCUT2D eigenvalue weighted by molar-refractivity contribution is -0.265. The van der Waals surface area contributed by atoms with Gasteiger partial charge in [-0.15, -0.1) is 0 Å². The second kappa shape index (κ2) is 9.77. The predicted octanol–water partition coefficient (Wildman–Crippen LogP) is 3.27. The minimum absolute atomic E-state index is 0.0407. The van der Waals surface area contributed by atoms with Gasteiger partial charge in [-0.25, -0.2) is 0 Å². The smallest absolute Gasteiger partial charge is 0.231 e. The third kappa shape index (κ3) is 4.07. The molecular weight excluding hydrogens is 578 g/mol. The zero-order chi connectivity index (χ0) is 33.2. The fraction of sp³-hybridized carbons (Fsp3) is 0.571. The van der Waals surface area contributed by atoms with Crippen molar-refractivity contribution in [1.29, 1.82) is 0 Å². The average molecular weight is 622 g/mol. The lowest BCUT2D eigenvalue weighted by Gasteiger charge is -2.66. The Morgan fingerprint density at radius 3 is 2.31 bits per heavy atom. The van der Waals surface area contributed by atoms with Crippen molar-refractivity contribution in [2.24, 2.45) is 40.2 Å². The van der Waals surface area contributed by atoms with Crippen LogP contribution in [-0.4, -0.2) is 62.5 Å². The summed E-state index contributed by atoms with van der Waals surface area (Å²) in [7, 11) is 0. The molecule has 4 aliphatic rings. The lowest BCUT2D eigenvalue weighted by atomic mass is 9.39. The van der Waals surface area contributed by atoms with Crippen LogP contribution in [0.5, 0.6) is 17.2 Å². The van der Waals surface area contributed by atoms with Gasteiger partial charge in [0.15, 0.2) is 28.7 Å². The maximum atomic E-state index is 14.7. The molecule has 0 saturated heterocycles. The molecule has 10 heteroatoms. The Morgan fingerprint density at radius 1 is 1.07 bits per heavy atom. The number of Topliss-reactive ketones (excluding diaryl/α,β-unsaturated/α-hetero) is 2. The van der Waals surface area contributed by atoms with Crippen LogP contribution in [0.1, 0.15) is 76.4 Å². The molecule has 1 aliphatic heterocycles. The Balaban J connectivity index is 1.60. The Hall–Kier alpha value is -3.47. The van der Waals surface area contributed by atoms with Gasteiger partial charge < -0.3 is 35.6 Å². The number of carbonyl (C=O) groups is 3. The molecule has 0 spiro atoms. The number of hydrogen-bond acceptors (Lipinski definition) is 9. The number of ketones is 2. The fourth-order valence-corrected chi connectivity index (χ4v) is 9.49. The summed E-state index contributed by atoms with van der Waals surface area (Å²) >= 11 is 0. The zero-order valence-electron chi connectivity index (χ0n) is 26.8. The van der Waals surface area contributed by atoms with E-state index in [0.717, 1.165) is 5.56 Å². The van der Waals surface area contributed by atoms with E-state index in [0.29, 0.717) is 28.2 Å². The number of carbonyl (C=O) groups excluding carboxylic acids is 3. The molecule has 45 heavy (non-hydrogen) atoms. The van der Waals surface area contributed by atoms with Crippen LogP contribution in [0.3, 0.4) is 0 Å². The molecule has 1 heterocycles. The average Bonchev–Trinajstić information content (AvgIpc) is 3.37. The Kier molecular flexibility index (Phi) is 6.84. The third-order valence-electron chi connectivity index (χ3n) is 11.3. The molecule has 6 rings (SSSR count). The molecule has 2 saturated carbocycles. The van der Waals surface area contributed by atoms with Crippen molar-refractivity contribution in [2.75, 3.05) is 6.79 Å². The molecule has 1 amide bonds. The molecule has 2 unspecified atom stereocenters. The number of amides is 1. The number of aliphatic hydroxyl groups is 3. The number of phenolic OH excluding ortho intramolecular Hbond substituents is 1. The number of aromatic hydroxyl groups is 1. The summed E-state index contributed by atoms with van der Waals surface area (Å²) in [6.45, 7) is 13.0. The van der Waals surface area contributed by atoms with E-state index in [4.69, 9.17) is 15.2 Å².